The molecule has 0 aromatic rings. The fourth-order valence-corrected chi connectivity index (χ4v) is 5.74. The molecule has 1 nitrogen and oxygen atoms in total. The van der Waals surface area contributed by atoms with Gasteiger partial charge < -0.3 is 4.79 Å². The van der Waals surface area contributed by atoms with Gasteiger partial charge in [0.05, 0.1) is 0 Å². The largest absolute Gasteiger partial charge is 0.303 e. The Morgan fingerprint density at radius 2 is 1.90 bits per heavy atom. The molecule has 0 heterocycles. The van der Waals surface area contributed by atoms with Gasteiger partial charge in [0.1, 0.15) is 6.29 Å². The van der Waals surface area contributed by atoms with Gasteiger partial charge in [-0.3, -0.25) is 0 Å². The summed E-state index contributed by atoms with van der Waals surface area (Å²) in [6.45, 7) is 12.1. The Balaban J connectivity index is 2.17. The highest BCUT2D eigenvalue weighted by Gasteiger charge is 2.53. The van der Waals surface area contributed by atoms with Crippen LogP contribution < -0.4 is 0 Å². The fraction of sp³-hybridized carbons (Fsp3) is 0.947. The van der Waals surface area contributed by atoms with Gasteiger partial charge in [0.2, 0.25) is 0 Å². The van der Waals surface area contributed by atoms with Crippen molar-refractivity contribution in [1.29, 1.82) is 0 Å². The molecule has 5 atom stereocenters. The Kier molecular flexibility index (Phi) is 4.66. The van der Waals surface area contributed by atoms with Crippen LogP contribution >= 0.6 is 0 Å². The predicted molar refractivity (Wildman–Crippen MR) is 85.6 cm³/mol. The van der Waals surface area contributed by atoms with Crippen LogP contribution in [0.2, 0.25) is 0 Å². The van der Waals surface area contributed by atoms with E-state index in [4.69, 9.17) is 0 Å². The first-order valence-corrected chi connectivity index (χ1v) is 8.76. The number of rotatable bonds is 4. The first-order chi connectivity index (χ1) is 9.31. The summed E-state index contributed by atoms with van der Waals surface area (Å²) >= 11 is 0. The van der Waals surface area contributed by atoms with Crippen molar-refractivity contribution in [3.8, 4) is 0 Å². The molecular formula is C19H34O. The summed E-state index contributed by atoms with van der Waals surface area (Å²) in [5, 5.41) is 0. The van der Waals surface area contributed by atoms with Crippen LogP contribution in [0.3, 0.4) is 0 Å². The van der Waals surface area contributed by atoms with E-state index in [1.165, 1.54) is 38.5 Å². The summed E-state index contributed by atoms with van der Waals surface area (Å²) in [5.41, 5.74) is 1.03. The summed E-state index contributed by atoms with van der Waals surface area (Å²) in [5.74, 6) is 2.78. The van der Waals surface area contributed by atoms with E-state index >= 15 is 0 Å². The van der Waals surface area contributed by atoms with Crippen LogP contribution in [0.5, 0.6) is 0 Å². The van der Waals surface area contributed by atoms with E-state index in [0.29, 0.717) is 10.8 Å². The monoisotopic (exact) mass is 278 g/mol. The highest BCUT2D eigenvalue weighted by Crippen LogP contribution is 2.62. The second-order valence-electron chi connectivity index (χ2n) is 8.75. The van der Waals surface area contributed by atoms with E-state index in [-0.39, 0.29) is 5.92 Å². The summed E-state index contributed by atoms with van der Waals surface area (Å²) in [4.78, 5) is 10.9. The molecule has 116 valence electrons. The summed E-state index contributed by atoms with van der Waals surface area (Å²) in [6.07, 6.45) is 10.5. The van der Waals surface area contributed by atoms with Crippen molar-refractivity contribution >= 4 is 6.29 Å². The van der Waals surface area contributed by atoms with Crippen LogP contribution in [-0.2, 0) is 4.79 Å². The Bertz CT molecular complexity index is 346. The molecule has 2 aliphatic carbocycles. The molecule has 0 aromatic heterocycles. The van der Waals surface area contributed by atoms with Crippen LogP contribution in [-0.4, -0.2) is 6.29 Å². The Morgan fingerprint density at radius 1 is 1.20 bits per heavy atom. The van der Waals surface area contributed by atoms with Crippen LogP contribution in [0, 0.1) is 34.5 Å². The Labute approximate surface area is 125 Å². The number of carbonyl (C=O) groups excluding carboxylic acids is 1. The maximum Gasteiger partial charge on any atom is 0.122 e. The SMILES string of the molecule is CC(C=O)CCC1C(C)CCC2C(C)(C)CCCC12C. The Morgan fingerprint density at radius 3 is 2.55 bits per heavy atom. The highest BCUT2D eigenvalue weighted by molar-refractivity contribution is 5.52. The van der Waals surface area contributed by atoms with Crippen LogP contribution in [0.1, 0.15) is 79.6 Å². The Hall–Kier alpha value is -0.330. The van der Waals surface area contributed by atoms with Gasteiger partial charge in [0, 0.05) is 5.92 Å². The van der Waals surface area contributed by atoms with Gasteiger partial charge in [-0.1, -0.05) is 47.5 Å². The van der Waals surface area contributed by atoms with E-state index in [2.05, 4.69) is 34.6 Å². The van der Waals surface area contributed by atoms with Crippen molar-refractivity contribution in [2.75, 3.05) is 0 Å². The molecule has 0 N–H and O–H groups in total. The molecular weight excluding hydrogens is 244 g/mol. The zero-order valence-corrected chi connectivity index (χ0v) is 14.2. The molecule has 2 aliphatic rings. The van der Waals surface area contributed by atoms with Gasteiger partial charge in [-0.05, 0) is 60.7 Å². The maximum atomic E-state index is 10.9. The van der Waals surface area contributed by atoms with Gasteiger partial charge in [-0.2, -0.15) is 0 Å². The molecule has 0 saturated heterocycles. The van der Waals surface area contributed by atoms with E-state index in [1.54, 1.807) is 0 Å². The van der Waals surface area contributed by atoms with Gasteiger partial charge in [0.15, 0.2) is 0 Å². The van der Waals surface area contributed by atoms with Crippen LogP contribution in [0.25, 0.3) is 0 Å². The van der Waals surface area contributed by atoms with Crippen molar-refractivity contribution in [2.45, 2.75) is 79.6 Å². The van der Waals surface area contributed by atoms with Crippen molar-refractivity contribution in [1.82, 2.24) is 0 Å². The van der Waals surface area contributed by atoms with Crippen molar-refractivity contribution in [3.05, 3.63) is 0 Å². The second kappa shape index (κ2) is 5.81. The van der Waals surface area contributed by atoms with E-state index in [1.807, 2.05) is 0 Å². The maximum absolute atomic E-state index is 10.9. The summed E-state index contributed by atoms with van der Waals surface area (Å²) in [6, 6.07) is 0. The third-order valence-corrected chi connectivity index (χ3v) is 6.89. The minimum atomic E-state index is 0.239. The van der Waals surface area contributed by atoms with E-state index in [0.717, 1.165) is 30.5 Å². The lowest BCUT2D eigenvalue weighted by atomic mass is 9.46. The lowest BCUT2D eigenvalue weighted by Gasteiger charge is -2.59. The fourth-order valence-electron chi connectivity index (χ4n) is 5.74. The number of hydrogen-bond donors (Lipinski definition) is 0. The number of carbonyl (C=O) groups is 1. The molecule has 5 unspecified atom stereocenters. The molecule has 0 radical (unpaired) electrons. The highest BCUT2D eigenvalue weighted by atomic mass is 16.1. The molecule has 0 bridgehead atoms. The summed E-state index contributed by atoms with van der Waals surface area (Å²) < 4.78 is 0. The van der Waals surface area contributed by atoms with Crippen molar-refractivity contribution in [2.24, 2.45) is 34.5 Å². The van der Waals surface area contributed by atoms with E-state index in [9.17, 15) is 4.79 Å². The van der Waals surface area contributed by atoms with Gasteiger partial charge in [-0.15, -0.1) is 0 Å². The number of aldehydes is 1. The first-order valence-electron chi connectivity index (χ1n) is 8.76. The molecule has 0 aliphatic heterocycles. The summed E-state index contributed by atoms with van der Waals surface area (Å²) in [7, 11) is 0. The minimum absolute atomic E-state index is 0.239. The van der Waals surface area contributed by atoms with E-state index < -0.39 is 0 Å². The first kappa shape index (κ1) is 16.0. The number of fused-ring (bicyclic) bond motifs is 1. The topological polar surface area (TPSA) is 17.1 Å². The minimum Gasteiger partial charge on any atom is -0.303 e. The lowest BCUT2D eigenvalue weighted by Crippen LogP contribution is -2.51. The molecule has 0 amide bonds. The molecule has 0 spiro atoms. The van der Waals surface area contributed by atoms with Gasteiger partial charge in [-0.25, -0.2) is 0 Å². The second-order valence-corrected chi connectivity index (χ2v) is 8.75. The standard InChI is InChI=1S/C19H34O/c1-14(13-20)7-9-16-15(2)8-10-17-18(3,4)11-6-12-19(16,17)5/h13-17H,6-12H2,1-5H3. The van der Waals surface area contributed by atoms with Crippen molar-refractivity contribution < 1.29 is 4.79 Å². The van der Waals surface area contributed by atoms with Crippen molar-refractivity contribution in [3.63, 3.8) is 0 Å². The third kappa shape index (κ3) is 2.83. The average Bonchev–Trinajstić information content (AvgIpc) is 2.36. The molecule has 20 heavy (non-hydrogen) atoms. The average molecular weight is 278 g/mol. The molecule has 2 fully saturated rings. The molecule has 1 heteroatoms. The molecule has 2 saturated carbocycles. The van der Waals surface area contributed by atoms with Gasteiger partial charge in [0.25, 0.3) is 0 Å². The lowest BCUT2D eigenvalue weighted by molar-refractivity contribution is -0.112. The quantitative estimate of drug-likeness (QED) is 0.622. The number of hydrogen-bond acceptors (Lipinski definition) is 1. The van der Waals surface area contributed by atoms with Crippen LogP contribution in [0.4, 0.5) is 0 Å². The smallest absolute Gasteiger partial charge is 0.122 e. The molecule has 0 aromatic carbocycles. The van der Waals surface area contributed by atoms with Crippen LogP contribution in [0.15, 0.2) is 0 Å². The predicted octanol–water partition coefficient (Wildman–Crippen LogP) is 5.48. The molecule has 2 rings (SSSR count). The normalized spacial score (nSPS) is 41.8. The third-order valence-electron chi connectivity index (χ3n) is 6.89. The zero-order valence-electron chi connectivity index (χ0n) is 14.2. The van der Waals surface area contributed by atoms with Gasteiger partial charge >= 0.3 is 0 Å². The zero-order chi connectivity index (χ0) is 15.0.